The highest BCUT2D eigenvalue weighted by Gasteiger charge is 2.35. The molecule has 1 aromatic heterocycles. The molecule has 0 aliphatic heterocycles. The summed E-state index contributed by atoms with van der Waals surface area (Å²) in [6, 6.07) is 14.8. The Balaban J connectivity index is 1.58. The Kier molecular flexibility index (Phi) is 7.79. The number of rotatable bonds is 9. The summed E-state index contributed by atoms with van der Waals surface area (Å²) in [6.45, 7) is 8.64. The molecule has 1 aliphatic rings. The number of carbonyl (C=O) groups excluding carboxylic acids is 1. The van der Waals surface area contributed by atoms with Crippen molar-refractivity contribution in [3.63, 3.8) is 0 Å². The van der Waals surface area contributed by atoms with E-state index in [4.69, 9.17) is 4.74 Å². The van der Waals surface area contributed by atoms with Gasteiger partial charge in [0.2, 0.25) is 11.8 Å². The third-order valence-corrected chi connectivity index (χ3v) is 7.12. The molecule has 3 atom stereocenters. The van der Waals surface area contributed by atoms with E-state index in [1.807, 2.05) is 25.7 Å². The van der Waals surface area contributed by atoms with Crippen molar-refractivity contribution in [3.05, 3.63) is 88.6 Å². The van der Waals surface area contributed by atoms with Gasteiger partial charge in [0.05, 0.1) is 23.9 Å². The topological polar surface area (TPSA) is 55.3 Å². The van der Waals surface area contributed by atoms with Gasteiger partial charge in [-0.2, -0.15) is 0 Å². The van der Waals surface area contributed by atoms with E-state index in [9.17, 15) is 9.18 Å². The fourth-order valence-electron chi connectivity index (χ4n) is 5.16. The van der Waals surface area contributed by atoms with Gasteiger partial charge in [-0.3, -0.25) is 9.78 Å². The zero-order valence-corrected chi connectivity index (χ0v) is 21.0. The van der Waals surface area contributed by atoms with Crippen molar-refractivity contribution in [2.75, 3.05) is 13.2 Å². The van der Waals surface area contributed by atoms with Crippen molar-refractivity contribution in [1.82, 2.24) is 14.9 Å². The maximum absolute atomic E-state index is 14.0. The number of hydrogen-bond donors (Lipinski definition) is 0. The second-order valence-electron chi connectivity index (χ2n) is 9.38. The number of aromatic nitrogens is 2. The van der Waals surface area contributed by atoms with E-state index < -0.39 is 0 Å². The van der Waals surface area contributed by atoms with Gasteiger partial charge in [-0.15, -0.1) is 0 Å². The lowest BCUT2D eigenvalue weighted by molar-refractivity contribution is -0.136. The van der Waals surface area contributed by atoms with E-state index in [1.54, 1.807) is 18.3 Å². The van der Waals surface area contributed by atoms with Crippen LogP contribution < -0.4 is 4.74 Å². The molecule has 3 unspecified atom stereocenters. The highest BCUT2D eigenvalue weighted by molar-refractivity contribution is 5.84. The van der Waals surface area contributed by atoms with Gasteiger partial charge in [0.15, 0.2) is 0 Å². The lowest BCUT2D eigenvalue weighted by Crippen LogP contribution is -2.46. The van der Waals surface area contributed by atoms with Crippen LogP contribution in [0.3, 0.4) is 0 Å². The van der Waals surface area contributed by atoms with Crippen LogP contribution in [-0.2, 0) is 11.2 Å². The second-order valence-corrected chi connectivity index (χ2v) is 9.38. The summed E-state index contributed by atoms with van der Waals surface area (Å²) >= 11 is 0. The van der Waals surface area contributed by atoms with Crippen LogP contribution in [0, 0.1) is 19.7 Å². The van der Waals surface area contributed by atoms with Crippen LogP contribution in [0.5, 0.6) is 5.88 Å². The molecule has 184 valence electrons. The lowest BCUT2D eigenvalue weighted by Gasteiger charge is -2.36. The van der Waals surface area contributed by atoms with E-state index in [1.165, 1.54) is 23.3 Å². The van der Waals surface area contributed by atoms with E-state index >= 15 is 0 Å². The summed E-state index contributed by atoms with van der Waals surface area (Å²) < 4.78 is 19.6. The van der Waals surface area contributed by atoms with Crippen LogP contribution in [0.25, 0.3) is 0 Å². The Morgan fingerprint density at radius 3 is 2.66 bits per heavy atom. The zero-order valence-electron chi connectivity index (χ0n) is 21.0. The molecule has 0 spiro atoms. The maximum atomic E-state index is 14.0. The molecule has 0 saturated carbocycles. The molecule has 2 aromatic carbocycles. The second kappa shape index (κ2) is 11.0. The fraction of sp³-hybridized carbons (Fsp3) is 0.414. The number of fused-ring (bicyclic) bond motifs is 1. The van der Waals surface area contributed by atoms with Crippen LogP contribution in [0.4, 0.5) is 4.39 Å². The monoisotopic (exact) mass is 475 g/mol. The minimum Gasteiger partial charge on any atom is -0.474 e. The molecule has 0 fully saturated rings. The Labute approximate surface area is 207 Å². The van der Waals surface area contributed by atoms with Gasteiger partial charge in [-0.25, -0.2) is 9.37 Å². The van der Waals surface area contributed by atoms with Crippen molar-refractivity contribution < 1.29 is 13.9 Å². The molecule has 3 aromatic rings. The minimum absolute atomic E-state index is 0.00561. The first-order valence-corrected chi connectivity index (χ1v) is 12.5. The van der Waals surface area contributed by atoms with Crippen LogP contribution in [-0.4, -0.2) is 40.0 Å². The van der Waals surface area contributed by atoms with Crippen molar-refractivity contribution in [2.45, 2.75) is 64.8 Å². The third-order valence-electron chi connectivity index (χ3n) is 7.12. The summed E-state index contributed by atoms with van der Waals surface area (Å²) in [5.41, 5.74) is 5.04. The first-order chi connectivity index (χ1) is 16.9. The molecule has 0 radical (unpaired) electrons. The normalized spacial score (nSPS) is 16.4. The smallest absolute Gasteiger partial charge is 0.235 e. The lowest BCUT2D eigenvalue weighted by atomic mass is 9.90. The van der Waals surface area contributed by atoms with E-state index in [0.717, 1.165) is 29.8 Å². The SMILES string of the molecule is CCC(C(=O)N(CCOc1nc(C)cnc1C)C(C)C1CCc2ccccc21)c1ccc(F)cc1. The van der Waals surface area contributed by atoms with Crippen molar-refractivity contribution >= 4 is 5.91 Å². The molecule has 5 nitrogen and oxygen atoms in total. The molecule has 4 rings (SSSR count). The first kappa shape index (κ1) is 24.8. The molecule has 6 heteroatoms. The highest BCUT2D eigenvalue weighted by atomic mass is 19.1. The van der Waals surface area contributed by atoms with Gasteiger partial charge < -0.3 is 9.64 Å². The van der Waals surface area contributed by atoms with Gasteiger partial charge in [-0.05, 0) is 68.9 Å². The number of amides is 1. The van der Waals surface area contributed by atoms with Crippen LogP contribution in [0.15, 0.2) is 54.7 Å². The number of nitrogens with zero attached hydrogens (tertiary/aromatic N) is 3. The average Bonchev–Trinajstić information content (AvgIpc) is 3.29. The Bertz CT molecular complexity index is 1160. The number of aryl methyl sites for hydroxylation is 3. The summed E-state index contributed by atoms with van der Waals surface area (Å²) in [5.74, 6) is 0.178. The van der Waals surface area contributed by atoms with Gasteiger partial charge in [-0.1, -0.05) is 43.3 Å². The standard InChI is InChI=1S/C29H34FN3O2/c1-5-25(23-10-13-24(30)14-11-23)29(34)33(16-17-35-28-20(3)31-18-19(2)32-28)21(4)26-15-12-22-8-6-7-9-27(22)26/h6-11,13-14,18,21,25-26H,5,12,15-17H2,1-4H3. The van der Waals surface area contributed by atoms with Crippen molar-refractivity contribution in [3.8, 4) is 5.88 Å². The van der Waals surface area contributed by atoms with Crippen molar-refractivity contribution in [2.24, 2.45) is 0 Å². The van der Waals surface area contributed by atoms with Crippen LogP contribution >= 0.6 is 0 Å². The number of ether oxygens (including phenoxy) is 1. The molecule has 35 heavy (non-hydrogen) atoms. The summed E-state index contributed by atoms with van der Waals surface area (Å²) in [7, 11) is 0. The first-order valence-electron chi connectivity index (χ1n) is 12.5. The van der Waals surface area contributed by atoms with Crippen LogP contribution in [0.2, 0.25) is 0 Å². The number of halogens is 1. The van der Waals surface area contributed by atoms with Gasteiger partial charge in [0, 0.05) is 18.2 Å². The molecule has 1 aliphatic carbocycles. The molecule has 0 N–H and O–H groups in total. The Morgan fingerprint density at radius 2 is 1.91 bits per heavy atom. The highest BCUT2D eigenvalue weighted by Crippen LogP contribution is 2.38. The summed E-state index contributed by atoms with van der Waals surface area (Å²) in [6.07, 6.45) is 4.39. The average molecular weight is 476 g/mol. The van der Waals surface area contributed by atoms with Gasteiger partial charge in [0.1, 0.15) is 12.4 Å². The van der Waals surface area contributed by atoms with Crippen LogP contribution in [0.1, 0.15) is 66.6 Å². The largest absolute Gasteiger partial charge is 0.474 e. The zero-order chi connectivity index (χ0) is 24.9. The molecule has 1 amide bonds. The number of hydrogen-bond acceptors (Lipinski definition) is 4. The van der Waals surface area contributed by atoms with E-state index in [2.05, 4.69) is 41.2 Å². The predicted octanol–water partition coefficient (Wildman–Crippen LogP) is 5.75. The van der Waals surface area contributed by atoms with Gasteiger partial charge >= 0.3 is 0 Å². The Hall–Kier alpha value is -3.28. The quantitative estimate of drug-likeness (QED) is 0.395. The minimum atomic E-state index is -0.338. The molecule has 0 saturated heterocycles. The maximum Gasteiger partial charge on any atom is 0.235 e. The summed E-state index contributed by atoms with van der Waals surface area (Å²) in [4.78, 5) is 24.7. The Morgan fingerprint density at radius 1 is 1.17 bits per heavy atom. The molecular weight excluding hydrogens is 441 g/mol. The molecule has 0 bridgehead atoms. The number of carbonyl (C=O) groups is 1. The predicted molar refractivity (Wildman–Crippen MR) is 135 cm³/mol. The molecular formula is C29H34FN3O2. The third kappa shape index (κ3) is 5.53. The van der Waals surface area contributed by atoms with E-state index in [-0.39, 0.29) is 29.6 Å². The van der Waals surface area contributed by atoms with Gasteiger partial charge in [0.25, 0.3) is 0 Å². The molecule has 1 heterocycles. The van der Waals surface area contributed by atoms with E-state index in [0.29, 0.717) is 25.5 Å². The fourth-order valence-corrected chi connectivity index (χ4v) is 5.16. The number of benzene rings is 2. The summed E-state index contributed by atoms with van der Waals surface area (Å²) in [5, 5.41) is 0. The van der Waals surface area contributed by atoms with Crippen molar-refractivity contribution in [1.29, 1.82) is 0 Å².